The Kier molecular flexibility index (Phi) is 7.19. The first-order chi connectivity index (χ1) is 14.5. The highest BCUT2D eigenvalue weighted by Gasteiger charge is 2.12. The first-order valence-electron chi connectivity index (χ1n) is 9.03. The molecule has 0 fully saturated rings. The topological polar surface area (TPSA) is 77.9 Å². The molecule has 1 amide bonds. The number of terminal acetylenes is 1. The van der Waals surface area contributed by atoms with Crippen LogP contribution in [0.15, 0.2) is 52.6 Å². The van der Waals surface area contributed by atoms with Crippen LogP contribution in [0, 0.1) is 23.7 Å². The number of carbonyl (C=O) groups excluding carboxylic acids is 1. The van der Waals surface area contributed by atoms with Crippen molar-refractivity contribution in [2.75, 3.05) is 13.2 Å². The van der Waals surface area contributed by atoms with Crippen LogP contribution in [0.2, 0.25) is 5.02 Å². The second kappa shape index (κ2) is 10.0. The number of benzene rings is 2. The molecule has 0 saturated heterocycles. The van der Waals surface area contributed by atoms with Crippen LogP contribution in [-0.2, 0) is 11.2 Å². The summed E-state index contributed by atoms with van der Waals surface area (Å²) in [4.78, 5) is 15.7. The molecule has 2 N–H and O–H groups in total. The lowest BCUT2D eigenvalue weighted by atomic mass is 10.1. The van der Waals surface area contributed by atoms with E-state index >= 15 is 0 Å². The van der Waals surface area contributed by atoms with Gasteiger partial charge < -0.3 is 15.0 Å². The first kappa shape index (κ1) is 21.5. The van der Waals surface area contributed by atoms with Crippen molar-refractivity contribution in [3.8, 4) is 24.2 Å². The van der Waals surface area contributed by atoms with Gasteiger partial charge in [0.25, 0.3) is 5.91 Å². The molecule has 1 heterocycles. The molecule has 0 unspecified atom stereocenters. The molecule has 5 nitrogen and oxygen atoms in total. The third-order valence-electron chi connectivity index (χ3n) is 4.35. The van der Waals surface area contributed by atoms with Crippen LogP contribution in [0.3, 0.4) is 0 Å². The van der Waals surface area contributed by atoms with Crippen LogP contribution < -0.4 is 10.1 Å². The van der Waals surface area contributed by atoms with E-state index in [1.54, 1.807) is 12.1 Å². The Morgan fingerprint density at radius 1 is 1.37 bits per heavy atom. The number of nitriles is 1. The zero-order chi connectivity index (χ0) is 21.5. The fourth-order valence-electron chi connectivity index (χ4n) is 2.97. The summed E-state index contributed by atoms with van der Waals surface area (Å²) in [7, 11) is 0. The number of fused-ring (bicyclic) bond motifs is 1. The number of ether oxygens (including phenoxy) is 1. The summed E-state index contributed by atoms with van der Waals surface area (Å²) in [6.07, 6.45) is 9.25. The van der Waals surface area contributed by atoms with E-state index in [0.717, 1.165) is 16.5 Å². The quantitative estimate of drug-likeness (QED) is 0.287. The molecule has 3 rings (SSSR count). The van der Waals surface area contributed by atoms with Gasteiger partial charge in [0, 0.05) is 23.6 Å². The molecular weight excluding hydrogens is 466 g/mol. The maximum atomic E-state index is 12.4. The Bertz CT molecular complexity index is 1180. The van der Waals surface area contributed by atoms with E-state index < -0.39 is 5.91 Å². The highest BCUT2D eigenvalue weighted by molar-refractivity contribution is 9.10. The molecule has 0 aliphatic rings. The maximum absolute atomic E-state index is 12.4. The van der Waals surface area contributed by atoms with Gasteiger partial charge in [-0.1, -0.05) is 35.7 Å². The van der Waals surface area contributed by atoms with Crippen molar-refractivity contribution in [3.05, 3.63) is 68.8 Å². The van der Waals surface area contributed by atoms with Crippen LogP contribution in [-0.4, -0.2) is 24.0 Å². The molecule has 0 aliphatic carbocycles. The van der Waals surface area contributed by atoms with Crippen molar-refractivity contribution < 1.29 is 9.53 Å². The minimum Gasteiger partial charge on any atom is -0.478 e. The lowest BCUT2D eigenvalue weighted by Crippen LogP contribution is -2.26. The molecule has 0 atom stereocenters. The van der Waals surface area contributed by atoms with Crippen molar-refractivity contribution >= 4 is 50.4 Å². The minimum absolute atomic E-state index is 0.0193. The van der Waals surface area contributed by atoms with Gasteiger partial charge in [0.15, 0.2) is 5.75 Å². The molecule has 150 valence electrons. The number of aromatic amines is 1. The van der Waals surface area contributed by atoms with Gasteiger partial charge in [-0.15, -0.1) is 6.42 Å². The molecule has 2 aromatic carbocycles. The average molecular weight is 483 g/mol. The van der Waals surface area contributed by atoms with E-state index in [0.29, 0.717) is 33.8 Å². The number of aromatic nitrogens is 1. The molecule has 30 heavy (non-hydrogen) atoms. The molecule has 0 bridgehead atoms. The summed E-state index contributed by atoms with van der Waals surface area (Å²) in [5.74, 6) is 2.33. The Morgan fingerprint density at radius 3 is 2.90 bits per heavy atom. The summed E-state index contributed by atoms with van der Waals surface area (Å²) in [5, 5.41) is 13.6. The van der Waals surface area contributed by atoms with Crippen molar-refractivity contribution in [1.82, 2.24) is 10.3 Å². The Morgan fingerprint density at radius 2 is 2.17 bits per heavy atom. The van der Waals surface area contributed by atoms with Crippen LogP contribution in [0.5, 0.6) is 5.75 Å². The van der Waals surface area contributed by atoms with Crippen LogP contribution in [0.1, 0.15) is 11.1 Å². The Balaban J connectivity index is 1.68. The molecule has 0 radical (unpaired) electrons. The predicted octanol–water partition coefficient (Wildman–Crippen LogP) is 4.86. The third-order valence-corrected chi connectivity index (χ3v) is 5.22. The normalized spacial score (nSPS) is 11.0. The zero-order valence-electron chi connectivity index (χ0n) is 15.8. The SMILES string of the molecule is C#CCOc1c(Cl)cc(/C=C(/C#N)C(=O)NCCc2c[nH]c3ccccc23)cc1Br. The molecule has 0 aliphatic heterocycles. The van der Waals surface area contributed by atoms with E-state index in [4.69, 9.17) is 22.8 Å². The number of rotatable bonds is 7. The minimum atomic E-state index is -0.447. The highest BCUT2D eigenvalue weighted by atomic mass is 79.9. The van der Waals surface area contributed by atoms with Gasteiger partial charge in [0.1, 0.15) is 18.2 Å². The van der Waals surface area contributed by atoms with Gasteiger partial charge in [-0.2, -0.15) is 5.26 Å². The predicted molar refractivity (Wildman–Crippen MR) is 122 cm³/mol. The van der Waals surface area contributed by atoms with E-state index in [1.165, 1.54) is 6.08 Å². The van der Waals surface area contributed by atoms with Gasteiger partial charge in [0.05, 0.1) is 9.50 Å². The molecule has 0 spiro atoms. The number of halogens is 2. The summed E-state index contributed by atoms with van der Waals surface area (Å²) < 4.78 is 5.96. The first-order valence-corrected chi connectivity index (χ1v) is 10.2. The van der Waals surface area contributed by atoms with Crippen molar-refractivity contribution in [2.24, 2.45) is 0 Å². The maximum Gasteiger partial charge on any atom is 0.261 e. The fraction of sp³-hybridized carbons (Fsp3) is 0.130. The molecule has 7 heteroatoms. The highest BCUT2D eigenvalue weighted by Crippen LogP contribution is 2.35. The molecular formula is C23H17BrClN3O2. The fourth-order valence-corrected chi connectivity index (χ4v) is 3.96. The van der Waals surface area contributed by atoms with Crippen LogP contribution >= 0.6 is 27.5 Å². The number of nitrogens with zero attached hydrogens (tertiary/aromatic N) is 1. The van der Waals surface area contributed by atoms with Crippen LogP contribution in [0.4, 0.5) is 0 Å². The number of carbonyl (C=O) groups is 1. The monoisotopic (exact) mass is 481 g/mol. The number of amides is 1. The summed E-state index contributed by atoms with van der Waals surface area (Å²) in [6, 6.07) is 13.2. The van der Waals surface area contributed by atoms with Crippen molar-refractivity contribution in [3.63, 3.8) is 0 Å². The van der Waals surface area contributed by atoms with Gasteiger partial charge >= 0.3 is 0 Å². The number of hydrogen-bond acceptors (Lipinski definition) is 3. The van der Waals surface area contributed by atoms with Crippen molar-refractivity contribution in [2.45, 2.75) is 6.42 Å². The van der Waals surface area contributed by atoms with Gasteiger partial charge in [-0.25, -0.2) is 0 Å². The summed E-state index contributed by atoms with van der Waals surface area (Å²) in [6.45, 7) is 0.485. The van der Waals surface area contributed by atoms with E-state index in [2.05, 4.69) is 32.2 Å². The van der Waals surface area contributed by atoms with Gasteiger partial charge in [-0.3, -0.25) is 4.79 Å². The number of nitrogens with one attached hydrogen (secondary N) is 2. The number of hydrogen-bond donors (Lipinski definition) is 2. The molecule has 0 saturated carbocycles. The third kappa shape index (κ3) is 5.04. The van der Waals surface area contributed by atoms with Crippen molar-refractivity contribution in [1.29, 1.82) is 5.26 Å². The molecule has 3 aromatic rings. The summed E-state index contributed by atoms with van der Waals surface area (Å²) >= 11 is 9.59. The number of para-hydroxylation sites is 1. The standard InChI is InChI=1S/C23H17BrClN3O2/c1-2-9-30-22-19(24)11-15(12-20(22)25)10-17(13-26)23(29)27-8-7-16-14-28-21-6-4-3-5-18(16)21/h1,3-6,10-12,14,28H,7-9H2,(H,27,29)/b17-10-. The molecule has 1 aromatic heterocycles. The van der Waals surface area contributed by atoms with Gasteiger partial charge in [-0.05, 0) is 57.8 Å². The lowest BCUT2D eigenvalue weighted by molar-refractivity contribution is -0.117. The van der Waals surface area contributed by atoms with Gasteiger partial charge in [0.2, 0.25) is 0 Å². The number of H-pyrrole nitrogens is 1. The van der Waals surface area contributed by atoms with E-state index in [-0.39, 0.29) is 12.2 Å². The average Bonchev–Trinajstić information content (AvgIpc) is 3.14. The second-order valence-electron chi connectivity index (χ2n) is 6.34. The Hall–Kier alpha value is -3.19. The van der Waals surface area contributed by atoms with Crippen LogP contribution in [0.25, 0.3) is 17.0 Å². The second-order valence-corrected chi connectivity index (χ2v) is 7.60. The summed E-state index contributed by atoms with van der Waals surface area (Å²) in [5.41, 5.74) is 2.72. The lowest BCUT2D eigenvalue weighted by Gasteiger charge is -2.09. The smallest absolute Gasteiger partial charge is 0.261 e. The largest absolute Gasteiger partial charge is 0.478 e. The van der Waals surface area contributed by atoms with E-state index in [1.807, 2.05) is 36.5 Å². The zero-order valence-corrected chi connectivity index (χ0v) is 18.2. The Labute approximate surface area is 187 Å². The van der Waals surface area contributed by atoms with E-state index in [9.17, 15) is 10.1 Å².